The molecule has 0 amide bonds. The summed E-state index contributed by atoms with van der Waals surface area (Å²) in [7, 11) is 0. The van der Waals surface area contributed by atoms with E-state index in [4.69, 9.17) is 4.74 Å². The van der Waals surface area contributed by atoms with E-state index in [1.807, 2.05) is 0 Å². The summed E-state index contributed by atoms with van der Waals surface area (Å²) in [5.41, 5.74) is 0. The quantitative estimate of drug-likeness (QED) is 0.380. The molecule has 3 nitrogen and oxygen atoms in total. The van der Waals surface area contributed by atoms with Crippen molar-refractivity contribution in [2.75, 3.05) is 26.3 Å². The van der Waals surface area contributed by atoms with Gasteiger partial charge in [-0.1, -0.05) is 0 Å². The highest BCUT2D eigenvalue weighted by molar-refractivity contribution is 4.36. The average molecular weight is 104 g/mol. The van der Waals surface area contributed by atoms with Crippen LogP contribution in [0.1, 0.15) is 1.43 Å². The van der Waals surface area contributed by atoms with E-state index in [1.54, 1.807) is 0 Å². The highest BCUT2D eigenvalue weighted by atomic mass is 16.5. The molecule has 0 unspecified atom stereocenters. The number of quaternary nitrogens is 1. The minimum Gasteiger partial charge on any atom is -0.634 e. The second-order valence-corrected chi connectivity index (χ2v) is 1.65. The third kappa shape index (κ3) is 1.43. The lowest BCUT2D eigenvalue weighted by Crippen LogP contribution is -3.09. The highest BCUT2D eigenvalue weighted by Crippen LogP contribution is 1.72. The molecule has 0 atom stereocenters. The molecule has 0 aliphatic carbocycles. The van der Waals surface area contributed by atoms with Gasteiger partial charge < -0.3 is 15.0 Å². The van der Waals surface area contributed by atoms with Crippen LogP contribution >= 0.6 is 0 Å². The molecule has 7 heavy (non-hydrogen) atoms. The molecule has 0 bridgehead atoms. The Labute approximate surface area is 43.9 Å². The molecule has 0 aromatic carbocycles. The zero-order valence-electron chi connectivity index (χ0n) is 5.14. The van der Waals surface area contributed by atoms with Crippen LogP contribution in [0.25, 0.3) is 0 Å². The SMILES string of the molecule is [H+].[O-][NH+]1CCOCC1. The van der Waals surface area contributed by atoms with Crippen LogP contribution in [0.3, 0.4) is 0 Å². The van der Waals surface area contributed by atoms with E-state index >= 15 is 0 Å². The van der Waals surface area contributed by atoms with Gasteiger partial charge in [-0.3, -0.25) is 0 Å². The molecule has 0 aromatic heterocycles. The van der Waals surface area contributed by atoms with Gasteiger partial charge in [-0.15, -0.1) is 0 Å². The van der Waals surface area contributed by atoms with Gasteiger partial charge in [0.2, 0.25) is 0 Å². The largest absolute Gasteiger partial charge is 1.00 e. The van der Waals surface area contributed by atoms with Gasteiger partial charge in [0.15, 0.2) is 0 Å². The van der Waals surface area contributed by atoms with Gasteiger partial charge >= 0.3 is 1.43 Å². The van der Waals surface area contributed by atoms with Crippen molar-refractivity contribution >= 4 is 0 Å². The van der Waals surface area contributed by atoms with Crippen molar-refractivity contribution in [3.63, 3.8) is 0 Å². The summed E-state index contributed by atoms with van der Waals surface area (Å²) in [5, 5.41) is 10.7. The first kappa shape index (κ1) is 5.03. The molecular weight excluding hydrogens is 94.0 g/mol. The third-order valence-electron chi connectivity index (χ3n) is 1.05. The summed E-state index contributed by atoms with van der Waals surface area (Å²) in [6.07, 6.45) is 0. The second kappa shape index (κ2) is 2.26. The third-order valence-corrected chi connectivity index (χ3v) is 1.05. The van der Waals surface area contributed by atoms with Crippen LogP contribution in [0.2, 0.25) is 0 Å². The fourth-order valence-electron chi connectivity index (χ4n) is 0.599. The van der Waals surface area contributed by atoms with Crippen LogP contribution in [0.5, 0.6) is 0 Å². The van der Waals surface area contributed by atoms with Crippen LogP contribution in [-0.4, -0.2) is 26.3 Å². The van der Waals surface area contributed by atoms with Crippen LogP contribution in [-0.2, 0) is 4.74 Å². The Bertz CT molecular complexity index is 56.0. The molecule has 0 saturated carbocycles. The Morgan fingerprint density at radius 3 is 2.29 bits per heavy atom. The topological polar surface area (TPSA) is 36.7 Å². The van der Waals surface area contributed by atoms with Crippen LogP contribution < -0.4 is 5.06 Å². The van der Waals surface area contributed by atoms with Crippen molar-refractivity contribution in [1.29, 1.82) is 0 Å². The van der Waals surface area contributed by atoms with Crippen LogP contribution in [0.15, 0.2) is 0 Å². The van der Waals surface area contributed by atoms with E-state index in [-0.39, 0.29) is 1.43 Å². The monoisotopic (exact) mass is 104 g/mol. The van der Waals surface area contributed by atoms with Gasteiger partial charge in [-0.05, 0) is 0 Å². The summed E-state index contributed by atoms with van der Waals surface area (Å²) in [5.74, 6) is 0. The van der Waals surface area contributed by atoms with E-state index in [0.717, 1.165) is 0 Å². The molecule has 1 aliphatic heterocycles. The average Bonchev–Trinajstić information content (AvgIpc) is 1.69. The Morgan fingerprint density at radius 2 is 2.00 bits per heavy atom. The minimum absolute atomic E-state index is 0. The number of morpholine rings is 1. The summed E-state index contributed by atoms with van der Waals surface area (Å²) in [4.78, 5) is 0. The van der Waals surface area contributed by atoms with E-state index < -0.39 is 0 Å². The molecule has 1 saturated heterocycles. The maximum absolute atomic E-state index is 10.4. The van der Waals surface area contributed by atoms with Crippen molar-refractivity contribution < 1.29 is 11.2 Å². The summed E-state index contributed by atoms with van der Waals surface area (Å²) in [6, 6.07) is 0. The molecule has 0 radical (unpaired) electrons. The molecule has 1 aliphatic rings. The summed E-state index contributed by atoms with van der Waals surface area (Å²) >= 11 is 0. The Kier molecular flexibility index (Phi) is 1.62. The van der Waals surface area contributed by atoms with E-state index in [1.165, 1.54) is 0 Å². The summed E-state index contributed by atoms with van der Waals surface area (Å²) < 4.78 is 4.92. The molecule has 1 rings (SSSR count). The Hall–Kier alpha value is -0.120. The van der Waals surface area contributed by atoms with E-state index in [9.17, 15) is 5.21 Å². The first-order valence-electron chi connectivity index (χ1n) is 2.49. The highest BCUT2D eigenvalue weighted by Gasteiger charge is 2.02. The van der Waals surface area contributed by atoms with Gasteiger partial charge in [0.1, 0.15) is 13.1 Å². The molecule has 0 aromatic rings. The molecule has 1 heterocycles. The van der Waals surface area contributed by atoms with E-state index in [2.05, 4.69) is 0 Å². The first-order valence-corrected chi connectivity index (χ1v) is 2.49. The summed E-state index contributed by atoms with van der Waals surface area (Å²) in [6.45, 7) is 2.53. The van der Waals surface area contributed by atoms with Gasteiger partial charge in [0, 0.05) is 0 Å². The first-order chi connectivity index (χ1) is 3.39. The number of hydrogen-bond acceptors (Lipinski definition) is 2. The molecule has 42 valence electrons. The van der Waals surface area contributed by atoms with Gasteiger partial charge in [0.25, 0.3) is 0 Å². The van der Waals surface area contributed by atoms with Crippen molar-refractivity contribution in [2.45, 2.75) is 0 Å². The maximum atomic E-state index is 10.4. The van der Waals surface area contributed by atoms with E-state index in [0.29, 0.717) is 31.4 Å². The molecule has 1 fully saturated rings. The fraction of sp³-hybridized carbons (Fsp3) is 1.00. The minimum atomic E-state index is 0. The second-order valence-electron chi connectivity index (χ2n) is 1.65. The Balaban J connectivity index is 0.000000490. The van der Waals surface area contributed by atoms with Crippen LogP contribution in [0.4, 0.5) is 0 Å². The lowest BCUT2D eigenvalue weighted by atomic mass is 10.5. The number of nitrogens with one attached hydrogen (secondary N) is 1. The van der Waals surface area contributed by atoms with Gasteiger partial charge in [-0.2, -0.15) is 0 Å². The number of hydrogen-bond donors (Lipinski definition) is 1. The lowest BCUT2D eigenvalue weighted by molar-refractivity contribution is -0.857. The number of ether oxygens (including phenoxy) is 1. The number of hydroxylamine groups is 2. The van der Waals surface area contributed by atoms with Crippen molar-refractivity contribution in [3.05, 3.63) is 5.21 Å². The maximum Gasteiger partial charge on any atom is 1.00 e. The fourth-order valence-corrected chi connectivity index (χ4v) is 0.599. The molecule has 3 heteroatoms. The van der Waals surface area contributed by atoms with Crippen molar-refractivity contribution in [1.82, 2.24) is 0 Å². The van der Waals surface area contributed by atoms with Crippen LogP contribution in [0, 0.1) is 5.21 Å². The van der Waals surface area contributed by atoms with Crippen molar-refractivity contribution in [3.8, 4) is 0 Å². The smallest absolute Gasteiger partial charge is 0.634 e. The Morgan fingerprint density at radius 1 is 1.43 bits per heavy atom. The van der Waals surface area contributed by atoms with Gasteiger partial charge in [-0.25, -0.2) is 0 Å². The standard InChI is InChI=1S/C4H9NO2/c6-5-1-3-7-4-2-5/h5H,1-4H2/p+1. The molecular formula is C4H10NO2+. The lowest BCUT2D eigenvalue weighted by Gasteiger charge is -2.25. The zero-order chi connectivity index (χ0) is 5.11. The molecule has 0 spiro atoms. The predicted molar refractivity (Wildman–Crippen MR) is 26.0 cm³/mol. The number of rotatable bonds is 0. The predicted octanol–water partition coefficient (Wildman–Crippen LogP) is -1.49. The van der Waals surface area contributed by atoms with Crippen molar-refractivity contribution in [2.24, 2.45) is 0 Å². The van der Waals surface area contributed by atoms with Gasteiger partial charge in [0.05, 0.1) is 13.2 Å². The normalized spacial score (nSPS) is 25.3. The zero-order valence-corrected chi connectivity index (χ0v) is 4.14. The molecule has 1 N–H and O–H groups in total.